The fraction of sp³-hybridized carbons (Fsp3) is 0.385. The van der Waals surface area contributed by atoms with Crippen molar-refractivity contribution in [3.63, 3.8) is 0 Å². The van der Waals surface area contributed by atoms with Crippen LogP contribution in [0, 0.1) is 11.7 Å². The Morgan fingerprint density at radius 3 is 2.65 bits per heavy atom. The normalized spacial score (nSPS) is 12.9. The second-order valence-electron chi connectivity index (χ2n) is 3.67. The maximum atomic E-state index is 12.7. The Hall–Kier alpha value is -1.55. The van der Waals surface area contributed by atoms with Crippen LogP contribution in [-0.2, 0) is 4.74 Å². The molecular weight excluding hydrogens is 221 g/mol. The van der Waals surface area contributed by atoms with Gasteiger partial charge in [0.05, 0.1) is 5.92 Å². The van der Waals surface area contributed by atoms with Crippen LogP contribution in [0.2, 0.25) is 0 Å². The standard InChI is InChI=1S/C13H16FNO2/c1-15-9-11(7-8-17-2)13(16)10-3-5-12(14)6-4-10/h3-6,9,11H,7-8H2,1-2H3. The molecule has 4 heteroatoms. The largest absolute Gasteiger partial charge is 0.385 e. The van der Waals surface area contributed by atoms with Crippen molar-refractivity contribution in [2.75, 3.05) is 20.8 Å². The van der Waals surface area contributed by atoms with E-state index in [4.69, 9.17) is 4.74 Å². The molecule has 0 aromatic heterocycles. The Labute approximate surface area is 100 Å². The van der Waals surface area contributed by atoms with Gasteiger partial charge in [-0.1, -0.05) is 0 Å². The molecule has 0 saturated carbocycles. The van der Waals surface area contributed by atoms with Crippen LogP contribution in [0.15, 0.2) is 29.3 Å². The van der Waals surface area contributed by atoms with Crippen LogP contribution in [0.4, 0.5) is 4.39 Å². The van der Waals surface area contributed by atoms with E-state index in [1.807, 2.05) is 0 Å². The maximum absolute atomic E-state index is 12.7. The van der Waals surface area contributed by atoms with Gasteiger partial charge in [-0.05, 0) is 30.7 Å². The average Bonchev–Trinajstić information content (AvgIpc) is 2.34. The molecule has 0 aliphatic rings. The fourth-order valence-electron chi connectivity index (χ4n) is 1.53. The summed E-state index contributed by atoms with van der Waals surface area (Å²) in [7, 11) is 3.21. The summed E-state index contributed by atoms with van der Waals surface area (Å²) >= 11 is 0. The highest BCUT2D eigenvalue weighted by Crippen LogP contribution is 2.12. The number of ether oxygens (including phenoxy) is 1. The molecule has 1 unspecified atom stereocenters. The number of rotatable bonds is 6. The van der Waals surface area contributed by atoms with Crippen molar-refractivity contribution in [3.8, 4) is 0 Å². The molecule has 0 bridgehead atoms. The molecule has 0 aliphatic carbocycles. The Kier molecular flexibility index (Phi) is 5.49. The van der Waals surface area contributed by atoms with Gasteiger partial charge < -0.3 is 9.73 Å². The zero-order valence-electron chi connectivity index (χ0n) is 10.0. The fourth-order valence-corrected chi connectivity index (χ4v) is 1.53. The van der Waals surface area contributed by atoms with Crippen LogP contribution in [0.5, 0.6) is 0 Å². The molecule has 0 fully saturated rings. The van der Waals surface area contributed by atoms with E-state index in [1.54, 1.807) is 20.4 Å². The lowest BCUT2D eigenvalue weighted by Gasteiger charge is -2.10. The number of Topliss-reactive ketones (excluding diaryl/α,β-unsaturated/α-hetero) is 1. The summed E-state index contributed by atoms with van der Waals surface area (Å²) in [5.74, 6) is -0.725. The zero-order valence-corrected chi connectivity index (χ0v) is 10.0. The third-order valence-electron chi connectivity index (χ3n) is 2.43. The third kappa shape index (κ3) is 4.07. The summed E-state index contributed by atoms with van der Waals surface area (Å²) in [5, 5.41) is 0. The molecule has 0 radical (unpaired) electrons. The van der Waals surface area contributed by atoms with Crippen molar-refractivity contribution in [3.05, 3.63) is 35.6 Å². The lowest BCUT2D eigenvalue weighted by molar-refractivity contribution is 0.0928. The molecule has 0 aliphatic heterocycles. The quantitative estimate of drug-likeness (QED) is 0.562. The smallest absolute Gasteiger partial charge is 0.171 e. The number of nitrogens with zero attached hydrogens (tertiary/aromatic N) is 1. The SMILES string of the molecule is CN=CC(CCOC)C(=O)c1ccc(F)cc1. The predicted octanol–water partition coefficient (Wildman–Crippen LogP) is 2.36. The number of aliphatic imine (C=N–C) groups is 1. The number of carbonyl (C=O) groups excluding carboxylic acids is 1. The molecular formula is C13H16FNO2. The maximum Gasteiger partial charge on any atom is 0.171 e. The first-order valence-electron chi connectivity index (χ1n) is 5.40. The van der Waals surface area contributed by atoms with E-state index < -0.39 is 0 Å². The number of benzene rings is 1. The van der Waals surface area contributed by atoms with Gasteiger partial charge in [0, 0.05) is 32.5 Å². The van der Waals surface area contributed by atoms with Gasteiger partial charge in [-0.2, -0.15) is 0 Å². The van der Waals surface area contributed by atoms with Crippen LogP contribution in [0.3, 0.4) is 0 Å². The summed E-state index contributed by atoms with van der Waals surface area (Å²) in [6.45, 7) is 0.490. The first-order chi connectivity index (χ1) is 8.19. The molecule has 0 amide bonds. The molecule has 1 aromatic rings. The minimum atomic E-state index is -0.348. The van der Waals surface area contributed by atoms with Crippen molar-refractivity contribution in [1.82, 2.24) is 0 Å². The Bertz CT molecular complexity index is 387. The minimum Gasteiger partial charge on any atom is -0.385 e. The monoisotopic (exact) mass is 237 g/mol. The van der Waals surface area contributed by atoms with E-state index >= 15 is 0 Å². The Morgan fingerprint density at radius 1 is 1.47 bits per heavy atom. The first-order valence-corrected chi connectivity index (χ1v) is 5.40. The molecule has 1 rings (SSSR count). The van der Waals surface area contributed by atoms with Crippen LogP contribution in [0.25, 0.3) is 0 Å². The van der Waals surface area contributed by atoms with Crippen LogP contribution < -0.4 is 0 Å². The molecule has 1 aromatic carbocycles. The highest BCUT2D eigenvalue weighted by atomic mass is 19.1. The number of carbonyl (C=O) groups is 1. The lowest BCUT2D eigenvalue weighted by atomic mass is 9.96. The van der Waals surface area contributed by atoms with Gasteiger partial charge >= 0.3 is 0 Å². The van der Waals surface area contributed by atoms with Gasteiger partial charge in [0.15, 0.2) is 5.78 Å². The molecule has 0 spiro atoms. The summed E-state index contributed by atoms with van der Waals surface area (Å²) in [5.41, 5.74) is 0.493. The lowest BCUT2D eigenvalue weighted by Crippen LogP contribution is -2.18. The summed E-state index contributed by atoms with van der Waals surface area (Å²) in [4.78, 5) is 16.0. The molecule has 1 atom stereocenters. The van der Waals surface area contributed by atoms with Gasteiger partial charge in [0.25, 0.3) is 0 Å². The second kappa shape index (κ2) is 6.91. The summed E-state index contributed by atoms with van der Waals surface area (Å²) < 4.78 is 17.7. The molecule has 92 valence electrons. The van der Waals surface area contributed by atoms with E-state index in [2.05, 4.69) is 4.99 Å². The summed E-state index contributed by atoms with van der Waals surface area (Å²) in [6.07, 6.45) is 2.18. The van der Waals surface area contributed by atoms with Gasteiger partial charge in [-0.3, -0.25) is 4.79 Å². The van der Waals surface area contributed by atoms with E-state index in [1.165, 1.54) is 24.3 Å². The van der Waals surface area contributed by atoms with Gasteiger partial charge in [-0.25, -0.2) is 4.39 Å². The number of hydrogen-bond donors (Lipinski definition) is 0. The number of halogens is 1. The van der Waals surface area contributed by atoms with Crippen LogP contribution >= 0.6 is 0 Å². The summed E-state index contributed by atoms with van der Waals surface area (Å²) in [6, 6.07) is 5.54. The third-order valence-corrected chi connectivity index (χ3v) is 2.43. The van der Waals surface area contributed by atoms with Crippen molar-refractivity contribution in [2.45, 2.75) is 6.42 Å². The number of ketones is 1. The highest BCUT2D eigenvalue weighted by molar-refractivity contribution is 6.06. The predicted molar refractivity (Wildman–Crippen MR) is 65.1 cm³/mol. The molecule has 3 nitrogen and oxygen atoms in total. The number of methoxy groups -OCH3 is 1. The van der Waals surface area contributed by atoms with Crippen LogP contribution in [0.1, 0.15) is 16.8 Å². The van der Waals surface area contributed by atoms with Gasteiger partial charge in [-0.15, -0.1) is 0 Å². The van der Waals surface area contributed by atoms with Crippen LogP contribution in [-0.4, -0.2) is 32.8 Å². The van der Waals surface area contributed by atoms with E-state index in [9.17, 15) is 9.18 Å². The molecule has 0 N–H and O–H groups in total. The van der Waals surface area contributed by atoms with Crippen molar-refractivity contribution >= 4 is 12.0 Å². The average molecular weight is 237 g/mol. The van der Waals surface area contributed by atoms with Crippen molar-refractivity contribution < 1.29 is 13.9 Å². The molecule has 17 heavy (non-hydrogen) atoms. The van der Waals surface area contributed by atoms with Crippen molar-refractivity contribution in [2.24, 2.45) is 10.9 Å². The Balaban J connectivity index is 2.79. The first kappa shape index (κ1) is 13.5. The topological polar surface area (TPSA) is 38.7 Å². The van der Waals surface area contributed by atoms with E-state index in [0.29, 0.717) is 18.6 Å². The van der Waals surface area contributed by atoms with Crippen molar-refractivity contribution in [1.29, 1.82) is 0 Å². The van der Waals surface area contributed by atoms with E-state index in [-0.39, 0.29) is 17.5 Å². The number of hydrogen-bond acceptors (Lipinski definition) is 3. The zero-order chi connectivity index (χ0) is 12.7. The highest BCUT2D eigenvalue weighted by Gasteiger charge is 2.17. The van der Waals surface area contributed by atoms with E-state index in [0.717, 1.165) is 0 Å². The molecule has 0 saturated heterocycles. The van der Waals surface area contributed by atoms with Gasteiger partial charge in [0.2, 0.25) is 0 Å². The minimum absolute atomic E-state index is 0.0624. The second-order valence-corrected chi connectivity index (χ2v) is 3.67. The Morgan fingerprint density at radius 2 is 2.12 bits per heavy atom. The molecule has 0 heterocycles. The van der Waals surface area contributed by atoms with Gasteiger partial charge in [0.1, 0.15) is 5.82 Å².